The Morgan fingerprint density at radius 1 is 1.50 bits per heavy atom. The van der Waals surface area contributed by atoms with Gasteiger partial charge in [0.15, 0.2) is 11.5 Å². The van der Waals surface area contributed by atoms with E-state index in [-0.39, 0.29) is 0 Å². The molecule has 0 saturated heterocycles. The van der Waals surface area contributed by atoms with Crippen molar-refractivity contribution in [1.29, 1.82) is 0 Å². The van der Waals surface area contributed by atoms with Gasteiger partial charge in [0, 0.05) is 18.2 Å². The summed E-state index contributed by atoms with van der Waals surface area (Å²) in [7, 11) is 0. The quantitative estimate of drug-likeness (QED) is 0.785. The van der Waals surface area contributed by atoms with Gasteiger partial charge in [-0.3, -0.25) is 4.79 Å². The number of oxazole rings is 1. The van der Waals surface area contributed by atoms with Crippen LogP contribution in [0.1, 0.15) is 25.7 Å². The van der Waals surface area contributed by atoms with Gasteiger partial charge >= 0.3 is 0 Å². The molecule has 2 rings (SSSR count). The van der Waals surface area contributed by atoms with Crippen molar-refractivity contribution in [2.75, 3.05) is 5.32 Å². The molecule has 1 N–H and O–H groups in total. The van der Waals surface area contributed by atoms with Gasteiger partial charge in [-0.15, -0.1) is 0 Å². The summed E-state index contributed by atoms with van der Waals surface area (Å²) in [6.07, 6.45) is 3.71. The molecule has 0 fully saturated rings. The third-order valence-electron chi connectivity index (χ3n) is 2.40. The van der Waals surface area contributed by atoms with E-state index in [2.05, 4.69) is 17.2 Å². The Morgan fingerprint density at radius 2 is 2.38 bits per heavy atom. The van der Waals surface area contributed by atoms with Crippen LogP contribution in [0.5, 0.6) is 0 Å². The molecule has 1 amide bonds. The molecule has 0 aliphatic carbocycles. The number of amides is 1. The summed E-state index contributed by atoms with van der Waals surface area (Å²) in [6, 6.07) is 5.44. The highest BCUT2D eigenvalue weighted by Gasteiger charge is 2.05. The Kier molecular flexibility index (Phi) is 3.19. The zero-order valence-electron chi connectivity index (χ0n) is 9.19. The van der Waals surface area contributed by atoms with Crippen LogP contribution in [0.25, 0.3) is 11.1 Å². The highest BCUT2D eigenvalue weighted by atomic mass is 16.3. The maximum Gasteiger partial charge on any atom is 0.211 e. The molecule has 2 aromatic rings. The molecule has 1 aromatic carbocycles. The van der Waals surface area contributed by atoms with E-state index < -0.39 is 0 Å². The highest BCUT2D eigenvalue weighted by molar-refractivity contribution is 5.81. The fraction of sp³-hybridized carbons (Fsp3) is 0.333. The zero-order chi connectivity index (χ0) is 11.4. The zero-order valence-corrected chi connectivity index (χ0v) is 9.19. The van der Waals surface area contributed by atoms with E-state index in [1.807, 2.05) is 12.1 Å². The Labute approximate surface area is 93.7 Å². The largest absolute Gasteiger partial charge is 0.441 e. The van der Waals surface area contributed by atoms with Crippen molar-refractivity contribution < 1.29 is 9.21 Å². The van der Waals surface area contributed by atoms with Gasteiger partial charge in [0.05, 0.1) is 0 Å². The molecule has 0 radical (unpaired) electrons. The summed E-state index contributed by atoms with van der Waals surface area (Å²) in [4.78, 5) is 14.7. The number of rotatable bonds is 5. The second kappa shape index (κ2) is 4.79. The number of nitrogens with zero attached hydrogens (tertiary/aromatic N) is 1. The van der Waals surface area contributed by atoms with Gasteiger partial charge in [0.1, 0.15) is 5.52 Å². The van der Waals surface area contributed by atoms with E-state index in [0.29, 0.717) is 6.41 Å². The van der Waals surface area contributed by atoms with Crippen molar-refractivity contribution in [2.24, 2.45) is 0 Å². The number of hydrogen-bond donors (Lipinski definition) is 1. The number of unbranched alkanes of at least 4 members (excludes halogenated alkanes) is 1. The Morgan fingerprint density at radius 3 is 3.12 bits per heavy atom. The molecule has 0 aliphatic rings. The number of aryl methyl sites for hydroxylation is 1. The fourth-order valence-corrected chi connectivity index (χ4v) is 1.57. The number of carbonyl (C=O) groups excluding carboxylic acids is 1. The van der Waals surface area contributed by atoms with Gasteiger partial charge in [0.2, 0.25) is 6.41 Å². The standard InChI is InChI=1S/C12H14N2O2/c1-2-3-4-12-14-10-6-5-9(13-8-15)7-11(10)16-12/h5-8H,2-4H2,1H3,(H,13,15). The Hall–Kier alpha value is -1.84. The maximum atomic E-state index is 10.3. The molecule has 1 heterocycles. The summed E-state index contributed by atoms with van der Waals surface area (Å²) in [5.74, 6) is 0.764. The molecular formula is C12H14N2O2. The molecule has 0 spiro atoms. The number of fused-ring (bicyclic) bond motifs is 1. The van der Waals surface area contributed by atoms with Crippen LogP contribution in [0.4, 0.5) is 5.69 Å². The minimum absolute atomic E-state index is 0.648. The molecule has 0 atom stereocenters. The Bertz CT molecular complexity index is 491. The van der Waals surface area contributed by atoms with Crippen molar-refractivity contribution in [3.05, 3.63) is 24.1 Å². The molecule has 1 aromatic heterocycles. The molecule has 0 unspecified atom stereocenters. The number of hydrogen-bond acceptors (Lipinski definition) is 3. The average Bonchev–Trinajstić information content (AvgIpc) is 2.68. The van der Waals surface area contributed by atoms with Gasteiger partial charge < -0.3 is 9.73 Å². The third-order valence-corrected chi connectivity index (χ3v) is 2.40. The van der Waals surface area contributed by atoms with Crippen LogP contribution in [-0.4, -0.2) is 11.4 Å². The molecule has 4 heteroatoms. The van der Waals surface area contributed by atoms with Gasteiger partial charge in [0.25, 0.3) is 0 Å². The lowest BCUT2D eigenvalue weighted by Gasteiger charge is -1.95. The van der Waals surface area contributed by atoms with Crippen molar-refractivity contribution in [3.8, 4) is 0 Å². The predicted octanol–water partition coefficient (Wildman–Crippen LogP) is 2.74. The topological polar surface area (TPSA) is 55.1 Å². The second-order valence-corrected chi connectivity index (χ2v) is 3.66. The lowest BCUT2D eigenvalue weighted by atomic mass is 10.2. The summed E-state index contributed by atoms with van der Waals surface area (Å²) in [5, 5.41) is 2.58. The monoisotopic (exact) mass is 218 g/mol. The lowest BCUT2D eigenvalue weighted by Crippen LogP contribution is -1.92. The van der Waals surface area contributed by atoms with E-state index >= 15 is 0 Å². The molecular weight excluding hydrogens is 204 g/mol. The van der Waals surface area contributed by atoms with E-state index in [1.165, 1.54) is 0 Å². The van der Waals surface area contributed by atoms with Gasteiger partial charge in [-0.25, -0.2) is 4.98 Å². The van der Waals surface area contributed by atoms with Crippen LogP contribution in [-0.2, 0) is 11.2 Å². The van der Waals surface area contributed by atoms with E-state index in [0.717, 1.165) is 41.9 Å². The van der Waals surface area contributed by atoms with Crippen molar-refractivity contribution >= 4 is 23.2 Å². The summed E-state index contributed by atoms with van der Waals surface area (Å²) in [6.45, 7) is 2.13. The summed E-state index contributed by atoms with van der Waals surface area (Å²) in [5.41, 5.74) is 2.28. The first-order chi connectivity index (χ1) is 7.83. The minimum atomic E-state index is 0.648. The van der Waals surface area contributed by atoms with E-state index in [4.69, 9.17) is 4.42 Å². The SMILES string of the molecule is CCCCc1nc2ccc(NC=O)cc2o1. The molecule has 16 heavy (non-hydrogen) atoms. The molecule has 0 aliphatic heterocycles. The molecule has 84 valence electrons. The molecule has 0 bridgehead atoms. The summed E-state index contributed by atoms with van der Waals surface area (Å²) < 4.78 is 5.59. The molecule has 0 saturated carbocycles. The number of nitrogens with one attached hydrogen (secondary N) is 1. The van der Waals surface area contributed by atoms with Crippen LogP contribution < -0.4 is 5.32 Å². The number of anilines is 1. The van der Waals surface area contributed by atoms with Crippen molar-refractivity contribution in [3.63, 3.8) is 0 Å². The van der Waals surface area contributed by atoms with Gasteiger partial charge in [-0.1, -0.05) is 13.3 Å². The van der Waals surface area contributed by atoms with Crippen LogP contribution in [0.3, 0.4) is 0 Å². The average molecular weight is 218 g/mol. The van der Waals surface area contributed by atoms with Crippen LogP contribution in [0.2, 0.25) is 0 Å². The second-order valence-electron chi connectivity index (χ2n) is 3.66. The van der Waals surface area contributed by atoms with Gasteiger partial charge in [-0.2, -0.15) is 0 Å². The number of benzene rings is 1. The summed E-state index contributed by atoms with van der Waals surface area (Å²) >= 11 is 0. The Balaban J connectivity index is 2.26. The predicted molar refractivity (Wildman–Crippen MR) is 62.3 cm³/mol. The van der Waals surface area contributed by atoms with Crippen molar-refractivity contribution in [1.82, 2.24) is 4.98 Å². The lowest BCUT2D eigenvalue weighted by molar-refractivity contribution is -0.105. The van der Waals surface area contributed by atoms with Crippen LogP contribution in [0.15, 0.2) is 22.6 Å². The first-order valence-electron chi connectivity index (χ1n) is 5.43. The first-order valence-corrected chi connectivity index (χ1v) is 5.43. The van der Waals surface area contributed by atoms with E-state index in [9.17, 15) is 4.79 Å². The van der Waals surface area contributed by atoms with Crippen LogP contribution in [0, 0.1) is 0 Å². The first kappa shape index (κ1) is 10.7. The van der Waals surface area contributed by atoms with Crippen molar-refractivity contribution in [2.45, 2.75) is 26.2 Å². The van der Waals surface area contributed by atoms with Crippen LogP contribution >= 0.6 is 0 Å². The third kappa shape index (κ3) is 2.21. The highest BCUT2D eigenvalue weighted by Crippen LogP contribution is 2.20. The normalized spacial score (nSPS) is 10.6. The van der Waals surface area contributed by atoms with Gasteiger partial charge in [-0.05, 0) is 18.6 Å². The fourth-order valence-electron chi connectivity index (χ4n) is 1.57. The van der Waals surface area contributed by atoms with E-state index in [1.54, 1.807) is 6.07 Å². The maximum absolute atomic E-state index is 10.3. The number of carbonyl (C=O) groups is 1. The minimum Gasteiger partial charge on any atom is -0.441 e. The molecule has 4 nitrogen and oxygen atoms in total. The number of aromatic nitrogens is 1. The smallest absolute Gasteiger partial charge is 0.211 e.